The van der Waals surface area contributed by atoms with Crippen LogP contribution in [0.4, 0.5) is 11.4 Å². The van der Waals surface area contributed by atoms with E-state index in [2.05, 4.69) is 10.6 Å². The highest BCUT2D eigenvalue weighted by Crippen LogP contribution is 2.19. The van der Waals surface area contributed by atoms with Crippen molar-refractivity contribution < 1.29 is 9.59 Å². The van der Waals surface area contributed by atoms with Crippen molar-refractivity contribution in [3.05, 3.63) is 59.2 Å². The van der Waals surface area contributed by atoms with E-state index in [1.807, 2.05) is 38.1 Å². The Bertz CT molecular complexity index is 835. The van der Waals surface area contributed by atoms with Crippen LogP contribution < -0.4 is 10.6 Å². The number of carbonyl (C=O) groups is 2. The van der Waals surface area contributed by atoms with Gasteiger partial charge in [-0.25, -0.2) is 0 Å². The zero-order chi connectivity index (χ0) is 19.1. The van der Waals surface area contributed by atoms with Gasteiger partial charge < -0.3 is 10.6 Å². The van der Waals surface area contributed by atoms with Crippen LogP contribution in [0.1, 0.15) is 16.7 Å². The zero-order valence-electron chi connectivity index (χ0n) is 15.2. The minimum absolute atomic E-state index is 0.0664. The Morgan fingerprint density at radius 2 is 1.58 bits per heavy atom. The van der Waals surface area contributed by atoms with Crippen molar-refractivity contribution in [2.24, 2.45) is 0 Å². The lowest BCUT2D eigenvalue weighted by Gasteiger charge is -2.17. The van der Waals surface area contributed by atoms with Crippen molar-refractivity contribution in [1.82, 2.24) is 4.90 Å². The van der Waals surface area contributed by atoms with E-state index < -0.39 is 0 Å². The van der Waals surface area contributed by atoms with Gasteiger partial charge in [0, 0.05) is 11.4 Å². The first-order valence-electron chi connectivity index (χ1n) is 8.23. The summed E-state index contributed by atoms with van der Waals surface area (Å²) in [5.74, 6) is -0.424. The Morgan fingerprint density at radius 1 is 1.00 bits per heavy atom. The van der Waals surface area contributed by atoms with E-state index in [1.165, 1.54) is 0 Å². The SMILES string of the molecule is Cc1cccc(C)c1NC(=O)CN(C)CC(=O)Nc1cccc(C#N)c1. The molecule has 0 aliphatic rings. The number of hydrogen-bond donors (Lipinski definition) is 2. The van der Waals surface area contributed by atoms with Crippen LogP contribution in [0.3, 0.4) is 0 Å². The van der Waals surface area contributed by atoms with E-state index in [4.69, 9.17) is 5.26 Å². The first-order chi connectivity index (χ1) is 12.4. The summed E-state index contributed by atoms with van der Waals surface area (Å²) in [6.07, 6.45) is 0. The fourth-order valence-electron chi connectivity index (χ4n) is 2.60. The quantitative estimate of drug-likeness (QED) is 0.839. The normalized spacial score (nSPS) is 10.3. The van der Waals surface area contributed by atoms with Crippen LogP contribution in [0.5, 0.6) is 0 Å². The van der Waals surface area contributed by atoms with Crippen LogP contribution in [0, 0.1) is 25.2 Å². The van der Waals surface area contributed by atoms with Crippen molar-refractivity contribution in [2.45, 2.75) is 13.8 Å². The average molecular weight is 350 g/mol. The maximum absolute atomic E-state index is 12.2. The van der Waals surface area contributed by atoms with Crippen molar-refractivity contribution in [3.63, 3.8) is 0 Å². The topological polar surface area (TPSA) is 85.2 Å². The predicted octanol–water partition coefficient (Wildman–Crippen LogP) is 2.68. The highest BCUT2D eigenvalue weighted by molar-refractivity contribution is 5.95. The second-order valence-electron chi connectivity index (χ2n) is 6.23. The lowest BCUT2D eigenvalue weighted by atomic mass is 10.1. The summed E-state index contributed by atoms with van der Waals surface area (Å²) >= 11 is 0. The second-order valence-corrected chi connectivity index (χ2v) is 6.23. The minimum atomic E-state index is -0.248. The van der Waals surface area contributed by atoms with Gasteiger partial charge in [-0.1, -0.05) is 24.3 Å². The molecule has 0 aromatic heterocycles. The van der Waals surface area contributed by atoms with Crippen molar-refractivity contribution in [1.29, 1.82) is 5.26 Å². The van der Waals surface area contributed by atoms with Crippen LogP contribution in [0.2, 0.25) is 0 Å². The van der Waals surface area contributed by atoms with Crippen molar-refractivity contribution >= 4 is 23.2 Å². The zero-order valence-corrected chi connectivity index (χ0v) is 15.2. The molecule has 2 N–H and O–H groups in total. The third-order valence-electron chi connectivity index (χ3n) is 3.85. The largest absolute Gasteiger partial charge is 0.325 e. The highest BCUT2D eigenvalue weighted by atomic mass is 16.2. The summed E-state index contributed by atoms with van der Waals surface area (Å²) in [5, 5.41) is 14.5. The summed E-state index contributed by atoms with van der Waals surface area (Å²) in [7, 11) is 1.70. The molecule has 6 nitrogen and oxygen atoms in total. The monoisotopic (exact) mass is 350 g/mol. The molecule has 0 bridgehead atoms. The highest BCUT2D eigenvalue weighted by Gasteiger charge is 2.13. The van der Waals surface area contributed by atoms with Crippen LogP contribution in [-0.2, 0) is 9.59 Å². The van der Waals surface area contributed by atoms with Gasteiger partial charge in [-0.2, -0.15) is 5.26 Å². The van der Waals surface area contributed by atoms with Gasteiger partial charge in [0.15, 0.2) is 0 Å². The van der Waals surface area contributed by atoms with Gasteiger partial charge in [0.1, 0.15) is 0 Å². The van der Waals surface area contributed by atoms with Gasteiger partial charge in [-0.15, -0.1) is 0 Å². The molecule has 134 valence electrons. The van der Waals surface area contributed by atoms with Crippen molar-refractivity contribution in [3.8, 4) is 6.07 Å². The fraction of sp³-hybridized carbons (Fsp3) is 0.250. The van der Waals surface area contributed by atoms with Gasteiger partial charge in [0.2, 0.25) is 11.8 Å². The standard InChI is InChI=1S/C20H22N4O2/c1-14-6-4-7-15(2)20(14)23-19(26)13-24(3)12-18(25)22-17-9-5-8-16(10-17)11-21/h4-10H,12-13H2,1-3H3,(H,22,25)(H,23,26). The summed E-state index contributed by atoms with van der Waals surface area (Å²) in [6.45, 7) is 4.04. The van der Waals surface area contributed by atoms with E-state index >= 15 is 0 Å². The number of rotatable bonds is 6. The molecule has 0 fully saturated rings. The number of amides is 2. The molecule has 0 radical (unpaired) electrons. The Hall–Kier alpha value is -3.17. The van der Waals surface area contributed by atoms with Crippen LogP contribution in [0.15, 0.2) is 42.5 Å². The van der Waals surface area contributed by atoms with E-state index in [-0.39, 0.29) is 24.9 Å². The van der Waals surface area contributed by atoms with Crippen LogP contribution in [-0.4, -0.2) is 36.9 Å². The average Bonchev–Trinajstić information content (AvgIpc) is 2.58. The number of nitriles is 1. The first-order valence-corrected chi connectivity index (χ1v) is 8.23. The van der Waals surface area contributed by atoms with Crippen molar-refractivity contribution in [2.75, 3.05) is 30.8 Å². The Balaban J connectivity index is 1.87. The first kappa shape index (κ1) is 19.2. The molecule has 0 spiro atoms. The summed E-state index contributed by atoms with van der Waals surface area (Å²) in [4.78, 5) is 26.0. The van der Waals surface area contributed by atoms with Gasteiger partial charge >= 0.3 is 0 Å². The molecule has 0 atom stereocenters. The molecule has 0 aliphatic carbocycles. The molecule has 6 heteroatoms. The molecule has 0 aliphatic heterocycles. The molecule has 0 saturated heterocycles. The maximum Gasteiger partial charge on any atom is 0.238 e. The molecule has 26 heavy (non-hydrogen) atoms. The van der Waals surface area contributed by atoms with E-state index in [9.17, 15) is 9.59 Å². The van der Waals surface area contributed by atoms with Crippen LogP contribution >= 0.6 is 0 Å². The Morgan fingerprint density at radius 3 is 2.19 bits per heavy atom. The second kappa shape index (κ2) is 8.79. The van der Waals surface area contributed by atoms with E-state index in [0.717, 1.165) is 16.8 Å². The third kappa shape index (κ3) is 5.43. The molecular weight excluding hydrogens is 328 g/mol. The number of benzene rings is 2. The number of nitrogens with one attached hydrogen (secondary N) is 2. The number of aryl methyl sites for hydroxylation is 2. The number of nitrogens with zero attached hydrogens (tertiary/aromatic N) is 2. The molecule has 2 amide bonds. The molecular formula is C20H22N4O2. The molecule has 0 saturated carbocycles. The van der Waals surface area contributed by atoms with Gasteiger partial charge in [0.25, 0.3) is 0 Å². The number of carbonyl (C=O) groups excluding carboxylic acids is 2. The summed E-state index contributed by atoms with van der Waals surface area (Å²) in [5.41, 5.74) is 3.84. The Labute approximate surface area is 153 Å². The number of likely N-dealkylation sites (N-methyl/N-ethyl adjacent to an activating group) is 1. The number of para-hydroxylation sites is 1. The molecule has 2 aromatic carbocycles. The molecule has 0 heterocycles. The third-order valence-corrected chi connectivity index (χ3v) is 3.85. The van der Waals surface area contributed by atoms with Gasteiger partial charge in [0.05, 0.1) is 24.7 Å². The maximum atomic E-state index is 12.2. The van der Waals surface area contributed by atoms with Gasteiger partial charge in [-0.05, 0) is 50.2 Å². The van der Waals surface area contributed by atoms with Crippen LogP contribution in [0.25, 0.3) is 0 Å². The molecule has 2 rings (SSSR count). The van der Waals surface area contributed by atoms with Gasteiger partial charge in [-0.3, -0.25) is 14.5 Å². The lowest BCUT2D eigenvalue weighted by molar-refractivity contribution is -0.119. The number of anilines is 2. The Kier molecular flexibility index (Phi) is 6.48. The van der Waals surface area contributed by atoms with E-state index in [0.29, 0.717) is 11.3 Å². The molecule has 2 aromatic rings. The minimum Gasteiger partial charge on any atom is -0.325 e. The lowest BCUT2D eigenvalue weighted by Crippen LogP contribution is -2.36. The smallest absolute Gasteiger partial charge is 0.238 e. The summed E-state index contributed by atoms with van der Waals surface area (Å²) < 4.78 is 0. The summed E-state index contributed by atoms with van der Waals surface area (Å²) in [6, 6.07) is 14.5. The number of hydrogen-bond acceptors (Lipinski definition) is 4. The van der Waals surface area contributed by atoms with E-state index in [1.54, 1.807) is 36.2 Å². The fourth-order valence-corrected chi connectivity index (χ4v) is 2.60. The molecule has 0 unspecified atom stereocenters. The predicted molar refractivity (Wildman–Crippen MR) is 102 cm³/mol.